The summed E-state index contributed by atoms with van der Waals surface area (Å²) in [6.07, 6.45) is 1.18. The molecule has 1 aromatic rings. The van der Waals surface area contributed by atoms with Gasteiger partial charge in [0, 0.05) is 44.2 Å². The Balaban J connectivity index is 0.00000242. The maximum atomic E-state index is 12.4. The molecule has 1 aliphatic heterocycles. The van der Waals surface area contributed by atoms with E-state index in [9.17, 15) is 9.59 Å². The molecular formula is C16H24ClN3O2. The van der Waals surface area contributed by atoms with Gasteiger partial charge in [-0.25, -0.2) is 0 Å². The van der Waals surface area contributed by atoms with E-state index >= 15 is 0 Å². The van der Waals surface area contributed by atoms with Crippen molar-refractivity contribution in [3.05, 3.63) is 35.9 Å². The third-order valence-corrected chi connectivity index (χ3v) is 3.65. The number of amides is 2. The molecule has 22 heavy (non-hydrogen) atoms. The number of benzene rings is 1. The highest BCUT2D eigenvalue weighted by molar-refractivity contribution is 5.94. The Labute approximate surface area is 137 Å². The van der Waals surface area contributed by atoms with Gasteiger partial charge in [-0.2, -0.15) is 0 Å². The molecule has 0 saturated carbocycles. The lowest BCUT2D eigenvalue weighted by molar-refractivity contribution is -0.131. The summed E-state index contributed by atoms with van der Waals surface area (Å²) in [6, 6.07) is 9.15. The van der Waals surface area contributed by atoms with E-state index in [0.717, 1.165) is 6.42 Å². The summed E-state index contributed by atoms with van der Waals surface area (Å²) in [6.45, 7) is 4.39. The van der Waals surface area contributed by atoms with Crippen molar-refractivity contribution < 1.29 is 9.59 Å². The van der Waals surface area contributed by atoms with Crippen LogP contribution in [0, 0.1) is 0 Å². The molecule has 0 aliphatic carbocycles. The lowest BCUT2D eigenvalue weighted by atomic mass is 10.2. The van der Waals surface area contributed by atoms with Gasteiger partial charge in [-0.15, -0.1) is 12.4 Å². The number of rotatable bonds is 3. The van der Waals surface area contributed by atoms with Gasteiger partial charge < -0.3 is 15.5 Å². The fourth-order valence-corrected chi connectivity index (χ4v) is 2.54. The molecule has 1 fully saturated rings. The molecule has 0 spiro atoms. The fraction of sp³-hybridized carbons (Fsp3) is 0.500. The molecule has 1 unspecified atom stereocenters. The first-order chi connectivity index (χ1) is 10.1. The molecule has 5 nitrogen and oxygen atoms in total. The van der Waals surface area contributed by atoms with E-state index in [2.05, 4.69) is 0 Å². The van der Waals surface area contributed by atoms with Crippen LogP contribution in [0.25, 0.3) is 0 Å². The molecule has 2 N–H and O–H groups in total. The van der Waals surface area contributed by atoms with Gasteiger partial charge in [0.2, 0.25) is 5.91 Å². The van der Waals surface area contributed by atoms with Gasteiger partial charge in [-0.3, -0.25) is 9.59 Å². The Kier molecular flexibility index (Phi) is 7.35. The summed E-state index contributed by atoms with van der Waals surface area (Å²) in [5.74, 6) is 0.121. The summed E-state index contributed by atoms with van der Waals surface area (Å²) in [5.41, 5.74) is 6.38. The SMILES string of the molecule is CC(N)CC(=O)N1CCCN(C(=O)c2ccccc2)CC1.Cl. The zero-order chi connectivity index (χ0) is 15.2. The highest BCUT2D eigenvalue weighted by Crippen LogP contribution is 2.10. The average molecular weight is 326 g/mol. The second-order valence-corrected chi connectivity index (χ2v) is 5.57. The third kappa shape index (κ3) is 5.00. The number of carbonyl (C=O) groups is 2. The smallest absolute Gasteiger partial charge is 0.253 e. The lowest BCUT2D eigenvalue weighted by Gasteiger charge is -2.23. The van der Waals surface area contributed by atoms with Crippen LogP contribution in [-0.2, 0) is 4.79 Å². The van der Waals surface area contributed by atoms with Gasteiger partial charge in [0.1, 0.15) is 0 Å². The third-order valence-electron chi connectivity index (χ3n) is 3.65. The highest BCUT2D eigenvalue weighted by atomic mass is 35.5. The molecular weight excluding hydrogens is 302 g/mol. The predicted octanol–water partition coefficient (Wildman–Crippen LogP) is 1.52. The molecule has 2 amide bonds. The van der Waals surface area contributed by atoms with Crippen LogP contribution in [0.3, 0.4) is 0 Å². The Hall–Kier alpha value is -1.59. The van der Waals surface area contributed by atoms with E-state index in [-0.39, 0.29) is 30.3 Å². The van der Waals surface area contributed by atoms with Crippen molar-refractivity contribution in [2.24, 2.45) is 5.73 Å². The van der Waals surface area contributed by atoms with Crippen molar-refractivity contribution in [2.75, 3.05) is 26.2 Å². The molecule has 1 saturated heterocycles. The van der Waals surface area contributed by atoms with Crippen LogP contribution in [0.1, 0.15) is 30.1 Å². The van der Waals surface area contributed by atoms with Gasteiger partial charge in [-0.05, 0) is 25.5 Å². The first-order valence-corrected chi connectivity index (χ1v) is 7.45. The van der Waals surface area contributed by atoms with E-state index < -0.39 is 0 Å². The van der Waals surface area contributed by atoms with E-state index in [1.807, 2.05) is 47.1 Å². The van der Waals surface area contributed by atoms with E-state index in [4.69, 9.17) is 5.73 Å². The minimum absolute atomic E-state index is 0. The Morgan fingerprint density at radius 1 is 1.09 bits per heavy atom. The molecule has 6 heteroatoms. The number of hydrogen-bond acceptors (Lipinski definition) is 3. The summed E-state index contributed by atoms with van der Waals surface area (Å²) in [5, 5.41) is 0. The minimum Gasteiger partial charge on any atom is -0.341 e. The molecule has 1 atom stereocenters. The molecule has 1 heterocycles. The van der Waals surface area contributed by atoms with Crippen LogP contribution in [0.4, 0.5) is 0 Å². The quantitative estimate of drug-likeness (QED) is 0.916. The predicted molar refractivity (Wildman–Crippen MR) is 89.1 cm³/mol. The van der Waals surface area contributed by atoms with Crippen LogP contribution in [0.2, 0.25) is 0 Å². The lowest BCUT2D eigenvalue weighted by Crippen LogP contribution is -2.39. The van der Waals surface area contributed by atoms with Crippen molar-refractivity contribution in [2.45, 2.75) is 25.8 Å². The van der Waals surface area contributed by atoms with Gasteiger partial charge in [0.15, 0.2) is 0 Å². The van der Waals surface area contributed by atoms with Crippen molar-refractivity contribution in [1.82, 2.24) is 9.80 Å². The molecule has 0 radical (unpaired) electrons. The first kappa shape index (κ1) is 18.5. The van der Waals surface area contributed by atoms with Crippen molar-refractivity contribution in [1.29, 1.82) is 0 Å². The Morgan fingerprint density at radius 2 is 1.68 bits per heavy atom. The van der Waals surface area contributed by atoms with E-state index in [0.29, 0.717) is 38.2 Å². The number of nitrogens with two attached hydrogens (primary N) is 1. The largest absolute Gasteiger partial charge is 0.341 e. The zero-order valence-corrected chi connectivity index (χ0v) is 13.7. The number of nitrogens with zero attached hydrogens (tertiary/aromatic N) is 2. The average Bonchev–Trinajstić information content (AvgIpc) is 2.72. The summed E-state index contributed by atoms with van der Waals surface area (Å²) in [4.78, 5) is 28.1. The standard InChI is InChI=1S/C16H23N3O2.ClH/c1-13(17)12-15(20)18-8-5-9-19(11-10-18)16(21)14-6-3-2-4-7-14;/h2-4,6-7,13H,5,8-12,17H2,1H3;1H. The van der Waals surface area contributed by atoms with Crippen LogP contribution >= 0.6 is 12.4 Å². The number of halogens is 1. The van der Waals surface area contributed by atoms with Gasteiger partial charge in [0.05, 0.1) is 0 Å². The molecule has 122 valence electrons. The van der Waals surface area contributed by atoms with Crippen LogP contribution in [0.5, 0.6) is 0 Å². The Bertz CT molecular complexity index is 493. The summed E-state index contributed by atoms with van der Waals surface area (Å²) in [7, 11) is 0. The number of carbonyl (C=O) groups excluding carboxylic acids is 2. The summed E-state index contributed by atoms with van der Waals surface area (Å²) < 4.78 is 0. The molecule has 0 aromatic heterocycles. The maximum Gasteiger partial charge on any atom is 0.253 e. The summed E-state index contributed by atoms with van der Waals surface area (Å²) >= 11 is 0. The van der Waals surface area contributed by atoms with Crippen molar-refractivity contribution in [3.8, 4) is 0 Å². The molecule has 0 bridgehead atoms. The van der Waals surface area contributed by atoms with Crippen molar-refractivity contribution in [3.63, 3.8) is 0 Å². The highest BCUT2D eigenvalue weighted by Gasteiger charge is 2.22. The molecule has 1 aromatic carbocycles. The van der Waals surface area contributed by atoms with Crippen molar-refractivity contribution >= 4 is 24.2 Å². The number of hydrogen-bond donors (Lipinski definition) is 1. The normalized spacial score (nSPS) is 16.5. The second-order valence-electron chi connectivity index (χ2n) is 5.57. The zero-order valence-electron chi connectivity index (χ0n) is 12.9. The minimum atomic E-state index is -0.122. The fourth-order valence-electron chi connectivity index (χ4n) is 2.54. The van der Waals surface area contributed by atoms with E-state index in [1.165, 1.54) is 0 Å². The second kappa shape index (κ2) is 8.76. The maximum absolute atomic E-state index is 12.4. The Morgan fingerprint density at radius 3 is 2.32 bits per heavy atom. The van der Waals surface area contributed by atoms with Crippen LogP contribution in [0.15, 0.2) is 30.3 Å². The van der Waals surface area contributed by atoms with Crippen LogP contribution in [-0.4, -0.2) is 53.8 Å². The monoisotopic (exact) mass is 325 g/mol. The van der Waals surface area contributed by atoms with Gasteiger partial charge >= 0.3 is 0 Å². The van der Waals surface area contributed by atoms with E-state index in [1.54, 1.807) is 0 Å². The molecule has 2 rings (SSSR count). The topological polar surface area (TPSA) is 66.6 Å². The van der Waals surface area contributed by atoms with Crippen LogP contribution < -0.4 is 5.73 Å². The van der Waals surface area contributed by atoms with Gasteiger partial charge in [-0.1, -0.05) is 18.2 Å². The first-order valence-electron chi connectivity index (χ1n) is 7.45. The van der Waals surface area contributed by atoms with Gasteiger partial charge in [0.25, 0.3) is 5.91 Å². The molecule has 1 aliphatic rings.